The molecule has 0 spiro atoms. The molecule has 0 N–H and O–H groups in total. The van der Waals surface area contributed by atoms with E-state index in [1.807, 2.05) is 72.8 Å². The van der Waals surface area contributed by atoms with E-state index >= 15 is 0 Å². The number of hydrogen-bond donors (Lipinski definition) is 0. The van der Waals surface area contributed by atoms with Gasteiger partial charge in [-0.05, 0) is 86.9 Å². The zero-order valence-electron chi connectivity index (χ0n) is 31.2. The molecule has 0 fully saturated rings. The number of oxazole rings is 1. The highest BCUT2D eigenvalue weighted by Gasteiger charge is 2.21. The third-order valence-corrected chi connectivity index (χ3v) is 11.5. The standard InChI is InChI=1S/C52H28N4O3/c1-2-10-32-26-35(19-16-29(32)8-1)52-53-41-23-25-44-47(48(41)59-52)46-40-27-33(18-17-31(40)21-24-43(46)58-44)49-54-50(34-20-22-38-37-13-5-6-15-42(37)57-45(38)28-34)56-51(55-49)39-14-7-11-30-9-3-4-12-36(30)39/h1-28H. The molecule has 0 amide bonds. The molecule has 0 unspecified atom stereocenters. The molecule has 7 nitrogen and oxygen atoms in total. The van der Waals surface area contributed by atoms with E-state index in [9.17, 15) is 0 Å². The van der Waals surface area contributed by atoms with Crippen LogP contribution in [0.25, 0.3) is 133 Å². The van der Waals surface area contributed by atoms with Crippen LogP contribution in [0.1, 0.15) is 0 Å². The molecule has 59 heavy (non-hydrogen) atoms. The maximum Gasteiger partial charge on any atom is 0.227 e. The highest BCUT2D eigenvalue weighted by atomic mass is 16.4. The largest absolute Gasteiger partial charge is 0.456 e. The van der Waals surface area contributed by atoms with E-state index in [-0.39, 0.29) is 0 Å². The topological polar surface area (TPSA) is 91.0 Å². The van der Waals surface area contributed by atoms with Gasteiger partial charge in [0, 0.05) is 38.4 Å². The lowest BCUT2D eigenvalue weighted by atomic mass is 10.0. The van der Waals surface area contributed by atoms with Crippen molar-refractivity contribution in [1.82, 2.24) is 19.9 Å². The SMILES string of the molecule is c1ccc2cc(-c3nc4ccc5oc6ccc7ccc(-c8nc(-c9ccc%10c(c9)oc9ccccc9%10)nc(-c9cccc%10ccccc9%10)n8)cc7c6c5c4o3)ccc2c1. The number of para-hydroxylation sites is 1. The van der Waals surface area contributed by atoms with Crippen molar-refractivity contribution in [3.8, 4) is 45.6 Å². The summed E-state index contributed by atoms with van der Waals surface area (Å²) in [5, 5.41) is 10.5. The number of rotatable bonds is 4. The maximum absolute atomic E-state index is 6.65. The van der Waals surface area contributed by atoms with Crippen molar-refractivity contribution >= 4 is 87.3 Å². The maximum atomic E-state index is 6.65. The Kier molecular flexibility index (Phi) is 6.60. The average molecular weight is 757 g/mol. The minimum absolute atomic E-state index is 0.553. The van der Waals surface area contributed by atoms with Crippen LogP contribution in [0.4, 0.5) is 0 Å². The summed E-state index contributed by atoms with van der Waals surface area (Å²) in [6, 6.07) is 57.8. The molecule has 0 saturated carbocycles. The number of furan rings is 2. The molecule has 0 saturated heterocycles. The van der Waals surface area contributed by atoms with Gasteiger partial charge in [0.1, 0.15) is 27.8 Å². The monoisotopic (exact) mass is 756 g/mol. The molecule has 0 bridgehead atoms. The van der Waals surface area contributed by atoms with Crippen LogP contribution in [0.5, 0.6) is 0 Å². The molecule has 0 aliphatic carbocycles. The molecule has 4 heterocycles. The first-order valence-corrected chi connectivity index (χ1v) is 19.5. The van der Waals surface area contributed by atoms with Gasteiger partial charge in [-0.15, -0.1) is 0 Å². The lowest BCUT2D eigenvalue weighted by molar-refractivity contribution is 0.622. The van der Waals surface area contributed by atoms with E-state index in [0.717, 1.165) is 98.6 Å². The van der Waals surface area contributed by atoms with Gasteiger partial charge in [0.2, 0.25) is 5.89 Å². The first kappa shape index (κ1) is 32.0. The molecule has 9 aromatic carbocycles. The second kappa shape index (κ2) is 12.2. The summed E-state index contributed by atoms with van der Waals surface area (Å²) in [7, 11) is 0. The lowest BCUT2D eigenvalue weighted by Crippen LogP contribution is -2.00. The van der Waals surface area contributed by atoms with Crippen LogP contribution in [0.2, 0.25) is 0 Å². The summed E-state index contributed by atoms with van der Waals surface area (Å²) in [6.07, 6.45) is 0. The summed E-state index contributed by atoms with van der Waals surface area (Å²) in [5.74, 6) is 2.26. The first-order chi connectivity index (χ1) is 29.2. The van der Waals surface area contributed by atoms with E-state index in [1.54, 1.807) is 0 Å². The lowest BCUT2D eigenvalue weighted by Gasteiger charge is -2.11. The Bertz CT molecular complexity index is 3870. The molecule has 0 aliphatic heterocycles. The van der Waals surface area contributed by atoms with E-state index in [0.29, 0.717) is 28.9 Å². The molecular weight excluding hydrogens is 729 g/mol. The minimum atomic E-state index is 0.553. The van der Waals surface area contributed by atoms with E-state index in [2.05, 4.69) is 97.1 Å². The molecule has 7 heteroatoms. The van der Waals surface area contributed by atoms with Gasteiger partial charge in [-0.25, -0.2) is 19.9 Å². The quantitative estimate of drug-likeness (QED) is 0.177. The predicted octanol–water partition coefficient (Wildman–Crippen LogP) is 13.9. The summed E-state index contributed by atoms with van der Waals surface area (Å²) >= 11 is 0. The van der Waals surface area contributed by atoms with E-state index < -0.39 is 0 Å². The zero-order valence-corrected chi connectivity index (χ0v) is 31.2. The van der Waals surface area contributed by atoms with Gasteiger partial charge in [0.25, 0.3) is 0 Å². The molecule has 0 atom stereocenters. The van der Waals surface area contributed by atoms with Crippen LogP contribution in [0, 0.1) is 0 Å². The van der Waals surface area contributed by atoms with Crippen molar-refractivity contribution in [3.63, 3.8) is 0 Å². The second-order valence-electron chi connectivity index (χ2n) is 15.0. The fourth-order valence-electron chi connectivity index (χ4n) is 8.68. The zero-order chi connectivity index (χ0) is 38.6. The third kappa shape index (κ3) is 4.95. The summed E-state index contributed by atoms with van der Waals surface area (Å²) in [4.78, 5) is 20.5. The van der Waals surface area contributed by atoms with Crippen LogP contribution in [-0.4, -0.2) is 19.9 Å². The van der Waals surface area contributed by atoms with Crippen molar-refractivity contribution in [1.29, 1.82) is 0 Å². The number of benzene rings is 9. The van der Waals surface area contributed by atoms with Crippen molar-refractivity contribution in [2.45, 2.75) is 0 Å². The molecule has 0 radical (unpaired) electrons. The summed E-state index contributed by atoms with van der Waals surface area (Å²) in [5.41, 5.74) is 8.08. The summed E-state index contributed by atoms with van der Waals surface area (Å²) < 4.78 is 19.5. The minimum Gasteiger partial charge on any atom is -0.456 e. The Morgan fingerprint density at radius 1 is 0.322 bits per heavy atom. The smallest absolute Gasteiger partial charge is 0.227 e. The van der Waals surface area contributed by atoms with Gasteiger partial charge in [0.05, 0.1) is 5.39 Å². The van der Waals surface area contributed by atoms with Crippen molar-refractivity contribution in [3.05, 3.63) is 170 Å². The van der Waals surface area contributed by atoms with Gasteiger partial charge in [-0.1, -0.05) is 115 Å². The highest BCUT2D eigenvalue weighted by molar-refractivity contribution is 6.25. The van der Waals surface area contributed by atoms with Crippen molar-refractivity contribution in [2.75, 3.05) is 0 Å². The Balaban J connectivity index is 1.02. The van der Waals surface area contributed by atoms with Crippen LogP contribution in [0.3, 0.4) is 0 Å². The predicted molar refractivity (Wildman–Crippen MR) is 236 cm³/mol. The molecule has 4 aromatic heterocycles. The molecule has 0 aliphatic rings. The van der Waals surface area contributed by atoms with Crippen LogP contribution < -0.4 is 0 Å². The first-order valence-electron chi connectivity index (χ1n) is 19.5. The van der Waals surface area contributed by atoms with Gasteiger partial charge in [-0.2, -0.15) is 0 Å². The Morgan fingerprint density at radius 2 is 0.949 bits per heavy atom. The molecule has 13 aromatic rings. The molecule has 13 rings (SSSR count). The summed E-state index contributed by atoms with van der Waals surface area (Å²) in [6.45, 7) is 0. The Labute approximate surface area is 334 Å². The van der Waals surface area contributed by atoms with Gasteiger partial charge in [-0.3, -0.25) is 0 Å². The fourth-order valence-corrected chi connectivity index (χ4v) is 8.68. The molecular formula is C52H28N4O3. The number of nitrogens with zero attached hydrogens (tertiary/aromatic N) is 4. The van der Waals surface area contributed by atoms with Gasteiger partial charge in [0.15, 0.2) is 23.1 Å². The van der Waals surface area contributed by atoms with Gasteiger partial charge < -0.3 is 13.3 Å². The van der Waals surface area contributed by atoms with Gasteiger partial charge >= 0.3 is 0 Å². The Hall–Kier alpha value is -8.16. The van der Waals surface area contributed by atoms with Crippen molar-refractivity contribution < 1.29 is 13.3 Å². The van der Waals surface area contributed by atoms with Crippen LogP contribution >= 0.6 is 0 Å². The highest BCUT2D eigenvalue weighted by Crippen LogP contribution is 2.42. The second-order valence-corrected chi connectivity index (χ2v) is 15.0. The van der Waals surface area contributed by atoms with Crippen molar-refractivity contribution in [2.24, 2.45) is 0 Å². The normalized spacial score (nSPS) is 12.1. The molecule has 274 valence electrons. The van der Waals surface area contributed by atoms with E-state index in [4.69, 9.17) is 33.2 Å². The number of fused-ring (bicyclic) bond motifs is 12. The van der Waals surface area contributed by atoms with Crippen LogP contribution in [-0.2, 0) is 0 Å². The fraction of sp³-hybridized carbons (Fsp3) is 0. The third-order valence-electron chi connectivity index (χ3n) is 11.5. The van der Waals surface area contributed by atoms with Crippen LogP contribution in [0.15, 0.2) is 183 Å². The van der Waals surface area contributed by atoms with E-state index in [1.165, 1.54) is 5.39 Å². The average Bonchev–Trinajstić information content (AvgIpc) is 4.01. The Morgan fingerprint density at radius 3 is 1.86 bits per heavy atom. The number of aromatic nitrogens is 4. The number of hydrogen-bond acceptors (Lipinski definition) is 7.